The quantitative estimate of drug-likeness (QED) is 0.343. The number of phenolic OH excluding ortho intramolecular Hbond substituents is 2. The van der Waals surface area contributed by atoms with Gasteiger partial charge in [0.15, 0.2) is 11.6 Å². The predicted octanol–water partition coefficient (Wildman–Crippen LogP) is 6.40. The van der Waals surface area contributed by atoms with Gasteiger partial charge in [-0.15, -0.1) is 0 Å². The number of hydrogen-bond donors (Lipinski definition) is 2. The first kappa shape index (κ1) is 26.4. The van der Waals surface area contributed by atoms with Crippen molar-refractivity contribution in [3.63, 3.8) is 0 Å². The maximum Gasteiger partial charge on any atom is 0.165 e. The molecular weight excluding hydrogens is 479 g/mol. The SMILES string of the molecule is CCN(Cc1ccc(OCCN2CCCCC2)c(F)c1)c1cc(O)ccc1C1CCc2ccc(O)cc2C1. The second-order valence-electron chi connectivity index (χ2n) is 10.7. The molecule has 5 nitrogen and oxygen atoms in total. The molecule has 1 heterocycles. The van der Waals surface area contributed by atoms with Crippen molar-refractivity contribution in [2.75, 3.05) is 37.7 Å². The highest BCUT2D eigenvalue weighted by Gasteiger charge is 2.25. The maximum atomic E-state index is 15.0. The van der Waals surface area contributed by atoms with Crippen LogP contribution in [0.3, 0.4) is 0 Å². The molecule has 1 unspecified atom stereocenters. The fraction of sp³-hybridized carbons (Fsp3) is 0.438. The van der Waals surface area contributed by atoms with E-state index in [2.05, 4.69) is 16.7 Å². The molecule has 5 rings (SSSR count). The molecule has 3 aromatic rings. The van der Waals surface area contributed by atoms with Crippen LogP contribution in [-0.4, -0.2) is 47.9 Å². The van der Waals surface area contributed by atoms with Crippen molar-refractivity contribution in [1.82, 2.24) is 4.90 Å². The van der Waals surface area contributed by atoms with E-state index in [0.717, 1.165) is 56.7 Å². The standard InChI is InChI=1S/C32H39FN2O3/c1-2-35(22-23-6-13-32(30(33)18-23)38-17-16-34-14-4-3-5-15-34)31-21-28(37)11-12-29(31)25-8-7-24-9-10-27(36)20-26(24)19-25/h6,9-13,18,20-21,25,36-37H,2-5,7-8,14-17,19,22H2,1H3. The molecule has 1 atom stereocenters. The molecule has 38 heavy (non-hydrogen) atoms. The first-order valence-corrected chi connectivity index (χ1v) is 14.0. The molecule has 0 spiro atoms. The number of piperidine rings is 1. The van der Waals surface area contributed by atoms with Crippen molar-refractivity contribution in [2.24, 2.45) is 0 Å². The Kier molecular flexibility index (Phi) is 8.38. The van der Waals surface area contributed by atoms with Crippen LogP contribution in [0.1, 0.15) is 60.8 Å². The largest absolute Gasteiger partial charge is 0.508 e. The van der Waals surface area contributed by atoms with Gasteiger partial charge in [0, 0.05) is 31.4 Å². The van der Waals surface area contributed by atoms with Gasteiger partial charge in [-0.2, -0.15) is 0 Å². The van der Waals surface area contributed by atoms with Crippen molar-refractivity contribution in [1.29, 1.82) is 0 Å². The number of fused-ring (bicyclic) bond motifs is 1. The highest BCUT2D eigenvalue weighted by Crippen LogP contribution is 2.40. The van der Waals surface area contributed by atoms with E-state index in [1.165, 1.54) is 36.0 Å². The molecule has 1 aliphatic carbocycles. The Hall–Kier alpha value is -3.25. The van der Waals surface area contributed by atoms with E-state index >= 15 is 0 Å². The molecule has 2 aliphatic rings. The summed E-state index contributed by atoms with van der Waals surface area (Å²) < 4.78 is 20.7. The van der Waals surface area contributed by atoms with E-state index in [1.54, 1.807) is 24.3 Å². The number of aryl methyl sites for hydroxylation is 1. The second-order valence-corrected chi connectivity index (χ2v) is 10.7. The average Bonchev–Trinajstić information content (AvgIpc) is 2.93. The van der Waals surface area contributed by atoms with Gasteiger partial charge in [0.25, 0.3) is 0 Å². The van der Waals surface area contributed by atoms with Crippen molar-refractivity contribution in [3.8, 4) is 17.2 Å². The van der Waals surface area contributed by atoms with Crippen LogP contribution in [0.25, 0.3) is 0 Å². The zero-order chi connectivity index (χ0) is 26.5. The van der Waals surface area contributed by atoms with Gasteiger partial charge in [0.2, 0.25) is 0 Å². The Morgan fingerprint density at radius 3 is 2.53 bits per heavy atom. The number of anilines is 1. The lowest BCUT2D eigenvalue weighted by molar-refractivity contribution is 0.180. The summed E-state index contributed by atoms with van der Waals surface area (Å²) >= 11 is 0. The van der Waals surface area contributed by atoms with Crippen LogP contribution in [0.4, 0.5) is 10.1 Å². The number of hydrogen-bond acceptors (Lipinski definition) is 5. The number of aromatic hydroxyl groups is 2. The van der Waals surface area contributed by atoms with Crippen LogP contribution in [-0.2, 0) is 19.4 Å². The number of rotatable bonds is 9. The topological polar surface area (TPSA) is 56.2 Å². The van der Waals surface area contributed by atoms with Crippen LogP contribution in [0.5, 0.6) is 17.2 Å². The summed E-state index contributed by atoms with van der Waals surface area (Å²) in [5, 5.41) is 20.4. The van der Waals surface area contributed by atoms with E-state index in [4.69, 9.17) is 4.74 Å². The molecule has 0 bridgehead atoms. The first-order valence-electron chi connectivity index (χ1n) is 14.0. The van der Waals surface area contributed by atoms with Crippen LogP contribution >= 0.6 is 0 Å². The van der Waals surface area contributed by atoms with Crippen molar-refractivity contribution in [3.05, 3.63) is 82.7 Å². The Labute approximate surface area is 225 Å². The Morgan fingerprint density at radius 2 is 1.74 bits per heavy atom. The zero-order valence-corrected chi connectivity index (χ0v) is 22.3. The number of halogens is 1. The molecule has 6 heteroatoms. The normalized spacial score (nSPS) is 17.7. The summed E-state index contributed by atoms with van der Waals surface area (Å²) in [6, 6.07) is 16.5. The fourth-order valence-corrected chi connectivity index (χ4v) is 5.98. The molecule has 3 aromatic carbocycles. The van der Waals surface area contributed by atoms with Crippen LogP contribution in [0, 0.1) is 5.82 Å². The second kappa shape index (κ2) is 12.1. The third-order valence-corrected chi connectivity index (χ3v) is 8.08. The van der Waals surface area contributed by atoms with E-state index in [9.17, 15) is 14.6 Å². The highest BCUT2D eigenvalue weighted by atomic mass is 19.1. The van der Waals surface area contributed by atoms with Crippen molar-refractivity contribution >= 4 is 5.69 Å². The van der Waals surface area contributed by atoms with Gasteiger partial charge in [0.05, 0.1) is 0 Å². The number of benzene rings is 3. The Morgan fingerprint density at radius 1 is 0.947 bits per heavy atom. The van der Waals surface area contributed by atoms with E-state index < -0.39 is 0 Å². The van der Waals surface area contributed by atoms with Crippen LogP contribution in [0.2, 0.25) is 0 Å². The molecule has 0 amide bonds. The minimum Gasteiger partial charge on any atom is -0.508 e. The van der Waals surface area contributed by atoms with Gasteiger partial charge < -0.3 is 19.8 Å². The maximum absolute atomic E-state index is 15.0. The number of likely N-dealkylation sites (tertiary alicyclic amines) is 1. The van der Waals surface area contributed by atoms with E-state index in [1.807, 2.05) is 30.3 Å². The van der Waals surface area contributed by atoms with Gasteiger partial charge in [0.1, 0.15) is 18.1 Å². The summed E-state index contributed by atoms with van der Waals surface area (Å²) in [7, 11) is 0. The monoisotopic (exact) mass is 518 g/mol. The summed E-state index contributed by atoms with van der Waals surface area (Å²) in [5.74, 6) is 0.764. The molecular formula is C32H39FN2O3. The first-order chi connectivity index (χ1) is 18.5. The lowest BCUT2D eigenvalue weighted by atomic mass is 9.79. The lowest BCUT2D eigenvalue weighted by Crippen LogP contribution is -2.33. The minimum atomic E-state index is -0.336. The number of nitrogens with zero attached hydrogens (tertiary/aromatic N) is 2. The van der Waals surface area contributed by atoms with Crippen LogP contribution < -0.4 is 9.64 Å². The molecule has 1 saturated heterocycles. The Balaban J connectivity index is 1.29. The van der Waals surface area contributed by atoms with Crippen molar-refractivity contribution in [2.45, 2.75) is 57.9 Å². The molecule has 2 N–H and O–H groups in total. The fourth-order valence-electron chi connectivity index (χ4n) is 5.98. The van der Waals surface area contributed by atoms with Gasteiger partial charge in [-0.3, -0.25) is 4.90 Å². The van der Waals surface area contributed by atoms with Gasteiger partial charge in [-0.1, -0.05) is 24.6 Å². The summed E-state index contributed by atoms with van der Waals surface area (Å²) in [5.41, 5.74) is 5.49. The summed E-state index contributed by atoms with van der Waals surface area (Å²) in [6.07, 6.45) is 6.57. The zero-order valence-electron chi connectivity index (χ0n) is 22.3. The van der Waals surface area contributed by atoms with Crippen molar-refractivity contribution < 1.29 is 19.3 Å². The lowest BCUT2D eigenvalue weighted by Gasteiger charge is -2.31. The van der Waals surface area contributed by atoms with Crippen LogP contribution in [0.15, 0.2) is 54.6 Å². The molecule has 0 saturated carbocycles. The third-order valence-electron chi connectivity index (χ3n) is 8.08. The summed E-state index contributed by atoms with van der Waals surface area (Å²) in [4.78, 5) is 4.58. The predicted molar refractivity (Wildman–Crippen MR) is 150 cm³/mol. The minimum absolute atomic E-state index is 0.222. The van der Waals surface area contributed by atoms with E-state index in [0.29, 0.717) is 24.7 Å². The number of ether oxygens (including phenoxy) is 1. The molecule has 1 aliphatic heterocycles. The molecule has 1 fully saturated rings. The van der Waals surface area contributed by atoms with E-state index in [-0.39, 0.29) is 17.5 Å². The van der Waals surface area contributed by atoms with Gasteiger partial charge >= 0.3 is 0 Å². The highest BCUT2D eigenvalue weighted by molar-refractivity contribution is 5.59. The Bertz CT molecular complexity index is 1240. The summed E-state index contributed by atoms with van der Waals surface area (Å²) in [6.45, 7) is 6.85. The molecule has 0 radical (unpaired) electrons. The smallest absolute Gasteiger partial charge is 0.165 e. The molecule has 202 valence electrons. The molecule has 0 aromatic heterocycles. The van der Waals surface area contributed by atoms with Gasteiger partial charge in [-0.25, -0.2) is 4.39 Å². The third kappa shape index (κ3) is 6.24. The number of phenols is 2. The average molecular weight is 519 g/mol. The van der Waals surface area contributed by atoms with Gasteiger partial charge in [-0.05, 0) is 111 Å².